The number of hydrogen-bond donors (Lipinski definition) is 1. The van der Waals surface area contributed by atoms with E-state index in [0.29, 0.717) is 23.2 Å². The Morgan fingerprint density at radius 3 is 3.06 bits per heavy atom. The second-order valence-corrected chi connectivity index (χ2v) is 4.82. The summed E-state index contributed by atoms with van der Waals surface area (Å²) in [4.78, 5) is 15.8. The van der Waals surface area contributed by atoms with Crippen molar-refractivity contribution < 1.29 is 9.53 Å². The summed E-state index contributed by atoms with van der Waals surface area (Å²) in [6.07, 6.45) is 3.71. The Bertz CT molecular complexity index is 371. The SMILES string of the molecule is CCOC(=O)c1cccnc1NCC(C)SC. The molecule has 1 rings (SSSR count). The van der Waals surface area contributed by atoms with Gasteiger partial charge in [0.2, 0.25) is 0 Å². The second-order valence-electron chi connectivity index (χ2n) is 3.55. The highest BCUT2D eigenvalue weighted by atomic mass is 32.2. The minimum absolute atomic E-state index is 0.333. The highest BCUT2D eigenvalue weighted by Gasteiger charge is 2.13. The van der Waals surface area contributed by atoms with Crippen molar-refractivity contribution >= 4 is 23.5 Å². The third kappa shape index (κ3) is 4.26. The first kappa shape index (κ1) is 13.8. The van der Waals surface area contributed by atoms with Crippen molar-refractivity contribution in [2.24, 2.45) is 0 Å². The fourth-order valence-electron chi connectivity index (χ4n) is 1.24. The number of pyridine rings is 1. The highest BCUT2D eigenvalue weighted by molar-refractivity contribution is 7.99. The first-order valence-electron chi connectivity index (χ1n) is 5.57. The molecule has 0 radical (unpaired) electrons. The molecule has 1 unspecified atom stereocenters. The van der Waals surface area contributed by atoms with Crippen LogP contribution in [0.2, 0.25) is 0 Å². The van der Waals surface area contributed by atoms with Crippen LogP contribution in [0.4, 0.5) is 5.82 Å². The van der Waals surface area contributed by atoms with Gasteiger partial charge in [0.15, 0.2) is 0 Å². The summed E-state index contributed by atoms with van der Waals surface area (Å²) in [6.45, 7) is 5.04. The number of nitrogens with one attached hydrogen (secondary N) is 1. The summed E-state index contributed by atoms with van der Waals surface area (Å²) in [5.41, 5.74) is 0.489. The van der Waals surface area contributed by atoms with Crippen molar-refractivity contribution in [2.75, 3.05) is 24.7 Å². The maximum atomic E-state index is 11.7. The number of thioether (sulfide) groups is 1. The lowest BCUT2D eigenvalue weighted by molar-refractivity contribution is 0.0527. The molecule has 0 fully saturated rings. The summed E-state index contributed by atoms with van der Waals surface area (Å²) in [7, 11) is 0. The number of esters is 1. The maximum absolute atomic E-state index is 11.7. The molecular weight excluding hydrogens is 236 g/mol. The molecule has 0 saturated carbocycles. The third-order valence-electron chi connectivity index (χ3n) is 2.26. The van der Waals surface area contributed by atoms with Crippen molar-refractivity contribution in [1.82, 2.24) is 4.98 Å². The zero-order valence-electron chi connectivity index (χ0n) is 10.4. The van der Waals surface area contributed by atoms with Crippen molar-refractivity contribution in [3.8, 4) is 0 Å². The number of carbonyl (C=O) groups excluding carboxylic acids is 1. The summed E-state index contributed by atoms with van der Waals surface area (Å²) in [5, 5.41) is 3.64. The van der Waals surface area contributed by atoms with Crippen molar-refractivity contribution in [1.29, 1.82) is 0 Å². The Morgan fingerprint density at radius 2 is 2.41 bits per heavy atom. The van der Waals surface area contributed by atoms with Crippen LogP contribution in [-0.4, -0.2) is 35.6 Å². The van der Waals surface area contributed by atoms with E-state index in [4.69, 9.17) is 4.74 Å². The zero-order valence-corrected chi connectivity index (χ0v) is 11.2. The molecule has 4 nitrogen and oxygen atoms in total. The van der Waals surface area contributed by atoms with Crippen LogP contribution in [-0.2, 0) is 4.74 Å². The van der Waals surface area contributed by atoms with Crippen LogP contribution in [0.25, 0.3) is 0 Å². The summed E-state index contributed by atoms with van der Waals surface area (Å²) < 4.78 is 4.98. The Balaban J connectivity index is 2.74. The maximum Gasteiger partial charge on any atom is 0.341 e. The average Bonchev–Trinajstić information content (AvgIpc) is 2.36. The predicted octanol–water partition coefficient (Wildman–Crippen LogP) is 2.42. The quantitative estimate of drug-likeness (QED) is 0.790. The van der Waals surface area contributed by atoms with Gasteiger partial charge in [0, 0.05) is 18.0 Å². The summed E-state index contributed by atoms with van der Waals surface area (Å²) in [5.74, 6) is 0.256. The van der Waals surface area contributed by atoms with Crippen LogP contribution in [0.3, 0.4) is 0 Å². The Labute approximate surface area is 106 Å². The summed E-state index contributed by atoms with van der Waals surface area (Å²) >= 11 is 1.76. The van der Waals surface area contributed by atoms with Crippen LogP contribution in [0, 0.1) is 0 Å². The Kier molecular flexibility index (Phi) is 5.83. The van der Waals surface area contributed by atoms with E-state index in [1.165, 1.54) is 0 Å². The molecule has 0 saturated heterocycles. The molecule has 1 N–H and O–H groups in total. The second kappa shape index (κ2) is 7.17. The lowest BCUT2D eigenvalue weighted by Gasteiger charge is -2.12. The van der Waals surface area contributed by atoms with E-state index < -0.39 is 0 Å². The van der Waals surface area contributed by atoms with Crippen LogP contribution in [0.15, 0.2) is 18.3 Å². The van der Waals surface area contributed by atoms with Crippen molar-refractivity contribution in [3.05, 3.63) is 23.9 Å². The van der Waals surface area contributed by atoms with Gasteiger partial charge in [-0.3, -0.25) is 0 Å². The standard InChI is InChI=1S/C12H18N2O2S/c1-4-16-12(15)10-6-5-7-13-11(10)14-8-9(2)17-3/h5-7,9H,4,8H2,1-3H3,(H,13,14). The molecule has 0 aliphatic carbocycles. The van der Waals surface area contributed by atoms with E-state index in [9.17, 15) is 4.79 Å². The Hall–Kier alpha value is -1.23. The number of hydrogen-bond acceptors (Lipinski definition) is 5. The summed E-state index contributed by atoms with van der Waals surface area (Å²) in [6, 6.07) is 3.45. The monoisotopic (exact) mass is 254 g/mol. The molecule has 1 atom stereocenters. The van der Waals surface area contributed by atoms with Gasteiger partial charge in [-0.05, 0) is 25.3 Å². The van der Waals surface area contributed by atoms with Crippen LogP contribution >= 0.6 is 11.8 Å². The van der Waals surface area contributed by atoms with Gasteiger partial charge >= 0.3 is 5.97 Å². The Morgan fingerprint density at radius 1 is 1.65 bits per heavy atom. The van der Waals surface area contributed by atoms with Gasteiger partial charge in [-0.1, -0.05) is 6.92 Å². The normalized spacial score (nSPS) is 11.9. The molecule has 0 spiro atoms. The number of nitrogens with zero attached hydrogens (tertiary/aromatic N) is 1. The number of anilines is 1. The predicted molar refractivity (Wildman–Crippen MR) is 71.7 cm³/mol. The molecule has 1 aromatic rings. The van der Waals surface area contributed by atoms with Gasteiger partial charge in [-0.2, -0.15) is 11.8 Å². The van der Waals surface area contributed by atoms with Gasteiger partial charge in [-0.15, -0.1) is 0 Å². The molecular formula is C12H18N2O2S. The molecule has 5 heteroatoms. The van der Waals surface area contributed by atoms with E-state index in [2.05, 4.69) is 23.5 Å². The number of rotatable bonds is 6. The van der Waals surface area contributed by atoms with Crippen LogP contribution in [0.1, 0.15) is 24.2 Å². The average molecular weight is 254 g/mol. The molecule has 94 valence electrons. The van der Waals surface area contributed by atoms with Crippen LogP contribution in [0.5, 0.6) is 0 Å². The molecule has 1 heterocycles. The molecule has 0 aromatic carbocycles. The van der Waals surface area contributed by atoms with E-state index in [1.54, 1.807) is 37.0 Å². The molecule has 17 heavy (non-hydrogen) atoms. The number of carbonyl (C=O) groups is 1. The van der Waals surface area contributed by atoms with Gasteiger partial charge in [-0.25, -0.2) is 9.78 Å². The molecule has 0 amide bonds. The molecule has 0 aliphatic rings. The fourth-order valence-corrected chi connectivity index (χ4v) is 1.49. The van der Waals surface area contributed by atoms with Gasteiger partial charge in [0.25, 0.3) is 0 Å². The van der Waals surface area contributed by atoms with E-state index >= 15 is 0 Å². The van der Waals surface area contributed by atoms with Gasteiger partial charge in [0.1, 0.15) is 11.4 Å². The largest absolute Gasteiger partial charge is 0.462 e. The van der Waals surface area contributed by atoms with Crippen molar-refractivity contribution in [2.45, 2.75) is 19.1 Å². The number of ether oxygens (including phenoxy) is 1. The van der Waals surface area contributed by atoms with Crippen molar-refractivity contribution in [3.63, 3.8) is 0 Å². The third-order valence-corrected chi connectivity index (χ3v) is 3.23. The van der Waals surface area contributed by atoms with Crippen LogP contribution < -0.4 is 5.32 Å². The highest BCUT2D eigenvalue weighted by Crippen LogP contribution is 2.14. The van der Waals surface area contributed by atoms with E-state index in [0.717, 1.165) is 6.54 Å². The minimum atomic E-state index is -0.333. The fraction of sp³-hybridized carbons (Fsp3) is 0.500. The number of aromatic nitrogens is 1. The molecule has 1 aromatic heterocycles. The van der Waals surface area contributed by atoms with E-state index in [1.807, 2.05) is 0 Å². The minimum Gasteiger partial charge on any atom is -0.462 e. The first-order chi connectivity index (χ1) is 8.19. The lowest BCUT2D eigenvalue weighted by Crippen LogP contribution is -2.17. The van der Waals surface area contributed by atoms with Gasteiger partial charge in [0.05, 0.1) is 6.61 Å². The smallest absolute Gasteiger partial charge is 0.341 e. The van der Waals surface area contributed by atoms with Gasteiger partial charge < -0.3 is 10.1 Å². The van der Waals surface area contributed by atoms with E-state index in [-0.39, 0.29) is 5.97 Å². The zero-order chi connectivity index (χ0) is 12.7. The molecule has 0 aliphatic heterocycles. The first-order valence-corrected chi connectivity index (χ1v) is 6.86. The topological polar surface area (TPSA) is 51.2 Å². The lowest BCUT2D eigenvalue weighted by atomic mass is 10.2. The molecule has 0 bridgehead atoms.